The van der Waals surface area contributed by atoms with Gasteiger partial charge >= 0.3 is 0 Å². The van der Waals surface area contributed by atoms with Crippen LogP contribution in [0, 0.1) is 0 Å². The van der Waals surface area contributed by atoms with Gasteiger partial charge in [0.25, 0.3) is 0 Å². The van der Waals surface area contributed by atoms with Crippen LogP contribution >= 0.6 is 12.4 Å². The predicted octanol–water partition coefficient (Wildman–Crippen LogP) is 3.36. The number of hydrogen-bond donors (Lipinski definition) is 1. The van der Waals surface area contributed by atoms with Gasteiger partial charge in [-0.05, 0) is 30.9 Å². The van der Waals surface area contributed by atoms with Gasteiger partial charge in [0.2, 0.25) is 0 Å². The number of rotatable bonds is 5. The Balaban J connectivity index is 0.00000176. The summed E-state index contributed by atoms with van der Waals surface area (Å²) in [6.07, 6.45) is 5.86. The third-order valence-corrected chi connectivity index (χ3v) is 4.67. The van der Waals surface area contributed by atoms with Crippen LogP contribution in [-0.2, 0) is 17.8 Å². The van der Waals surface area contributed by atoms with Crippen molar-refractivity contribution in [2.24, 2.45) is 0 Å². The molecule has 0 bridgehead atoms. The van der Waals surface area contributed by atoms with Crippen molar-refractivity contribution in [1.82, 2.24) is 10.2 Å². The molecule has 124 valence electrons. The van der Waals surface area contributed by atoms with Crippen LogP contribution in [0.3, 0.4) is 0 Å². The van der Waals surface area contributed by atoms with Gasteiger partial charge in [-0.3, -0.25) is 4.90 Å². The van der Waals surface area contributed by atoms with Crippen molar-refractivity contribution >= 4 is 12.4 Å². The van der Waals surface area contributed by atoms with Crippen molar-refractivity contribution in [2.75, 3.05) is 19.7 Å². The van der Waals surface area contributed by atoms with E-state index in [9.17, 15) is 0 Å². The second kappa shape index (κ2) is 8.88. The largest absolute Gasteiger partial charge is 0.376 e. The summed E-state index contributed by atoms with van der Waals surface area (Å²) in [6.45, 7) is 7.18. The molecule has 22 heavy (non-hydrogen) atoms. The lowest BCUT2D eigenvalue weighted by molar-refractivity contribution is -0.0212. The van der Waals surface area contributed by atoms with Crippen LogP contribution < -0.4 is 5.32 Å². The average molecular weight is 325 g/mol. The minimum absolute atomic E-state index is 0. The fourth-order valence-electron chi connectivity index (χ4n) is 3.52. The fourth-order valence-corrected chi connectivity index (χ4v) is 3.52. The summed E-state index contributed by atoms with van der Waals surface area (Å²) in [4.78, 5) is 2.50. The van der Waals surface area contributed by atoms with Crippen LogP contribution in [0.2, 0.25) is 0 Å². The molecule has 0 spiro atoms. The molecule has 0 radical (unpaired) electrons. The van der Waals surface area contributed by atoms with Crippen molar-refractivity contribution in [2.45, 2.75) is 57.8 Å². The van der Waals surface area contributed by atoms with Gasteiger partial charge in [0.05, 0.1) is 12.7 Å². The SMILES string of the molecule is CC1CN(Cc2cccc(CNC3CCCC3)c2)CCO1.Cl. The van der Waals surface area contributed by atoms with Gasteiger partial charge < -0.3 is 10.1 Å². The van der Waals surface area contributed by atoms with Crippen LogP contribution in [-0.4, -0.2) is 36.7 Å². The Bertz CT molecular complexity index is 448. The van der Waals surface area contributed by atoms with E-state index in [0.29, 0.717) is 6.10 Å². The molecule has 2 aliphatic rings. The molecule has 4 heteroatoms. The van der Waals surface area contributed by atoms with Crippen molar-refractivity contribution in [1.29, 1.82) is 0 Å². The number of ether oxygens (including phenoxy) is 1. The van der Waals surface area contributed by atoms with Crippen molar-refractivity contribution in [3.8, 4) is 0 Å². The Labute approximate surface area is 140 Å². The first-order valence-corrected chi connectivity index (χ1v) is 8.45. The number of hydrogen-bond acceptors (Lipinski definition) is 3. The van der Waals surface area contributed by atoms with E-state index in [4.69, 9.17) is 4.74 Å². The first-order valence-electron chi connectivity index (χ1n) is 8.45. The normalized spacial score (nSPS) is 23.4. The van der Waals surface area contributed by atoms with Crippen molar-refractivity contribution < 1.29 is 4.74 Å². The number of benzene rings is 1. The molecule has 1 aromatic rings. The molecule has 1 aromatic carbocycles. The maximum Gasteiger partial charge on any atom is 0.0674 e. The zero-order valence-electron chi connectivity index (χ0n) is 13.6. The molecule has 3 nitrogen and oxygen atoms in total. The van der Waals surface area contributed by atoms with Gasteiger partial charge in [-0.2, -0.15) is 0 Å². The number of morpholine rings is 1. The van der Waals surface area contributed by atoms with E-state index in [0.717, 1.165) is 38.8 Å². The minimum Gasteiger partial charge on any atom is -0.376 e. The first kappa shape index (κ1) is 17.7. The highest BCUT2D eigenvalue weighted by Gasteiger charge is 2.17. The standard InChI is InChI=1S/C18H28N2O.ClH/c1-15-13-20(9-10-21-15)14-17-6-4-5-16(11-17)12-19-18-7-2-3-8-18;/h4-6,11,15,18-19H,2-3,7-10,12-14H2,1H3;1H. The maximum absolute atomic E-state index is 5.61. The van der Waals surface area contributed by atoms with Gasteiger partial charge in [-0.1, -0.05) is 37.1 Å². The smallest absolute Gasteiger partial charge is 0.0674 e. The molecule has 1 aliphatic heterocycles. The van der Waals surface area contributed by atoms with Crippen LogP contribution in [0.15, 0.2) is 24.3 Å². The van der Waals surface area contributed by atoms with Crippen molar-refractivity contribution in [3.05, 3.63) is 35.4 Å². The molecular formula is C18H29ClN2O. The van der Waals surface area contributed by atoms with E-state index in [1.807, 2.05) is 0 Å². The Morgan fingerprint density at radius 2 is 2.00 bits per heavy atom. The lowest BCUT2D eigenvalue weighted by atomic mass is 10.1. The van der Waals surface area contributed by atoms with Gasteiger partial charge in [0, 0.05) is 32.2 Å². The van der Waals surface area contributed by atoms with Gasteiger partial charge in [0.1, 0.15) is 0 Å². The highest BCUT2D eigenvalue weighted by atomic mass is 35.5. The molecule has 1 aliphatic carbocycles. The molecule has 1 N–H and O–H groups in total. The Hall–Kier alpha value is -0.610. The van der Waals surface area contributed by atoms with E-state index in [2.05, 4.69) is 41.4 Å². The van der Waals surface area contributed by atoms with E-state index in [-0.39, 0.29) is 12.4 Å². The molecule has 1 unspecified atom stereocenters. The van der Waals surface area contributed by atoms with Crippen LogP contribution in [0.5, 0.6) is 0 Å². The first-order chi connectivity index (χ1) is 10.3. The van der Waals surface area contributed by atoms with Gasteiger partial charge in [-0.25, -0.2) is 0 Å². The summed E-state index contributed by atoms with van der Waals surface area (Å²) in [6, 6.07) is 9.80. The molecule has 1 saturated heterocycles. The molecule has 2 fully saturated rings. The van der Waals surface area contributed by atoms with Gasteiger partial charge in [-0.15, -0.1) is 12.4 Å². The Kier molecular flexibility index (Phi) is 7.16. The zero-order chi connectivity index (χ0) is 14.5. The molecule has 1 saturated carbocycles. The molecule has 1 atom stereocenters. The van der Waals surface area contributed by atoms with Crippen LogP contribution in [0.1, 0.15) is 43.7 Å². The number of halogens is 1. The monoisotopic (exact) mass is 324 g/mol. The average Bonchev–Trinajstić information content (AvgIpc) is 2.99. The maximum atomic E-state index is 5.61. The highest BCUT2D eigenvalue weighted by Crippen LogP contribution is 2.18. The summed E-state index contributed by atoms with van der Waals surface area (Å²) >= 11 is 0. The molecule has 3 rings (SSSR count). The zero-order valence-corrected chi connectivity index (χ0v) is 14.4. The van der Waals surface area contributed by atoms with E-state index >= 15 is 0 Å². The summed E-state index contributed by atoms with van der Waals surface area (Å²) in [5.74, 6) is 0. The summed E-state index contributed by atoms with van der Waals surface area (Å²) in [5.41, 5.74) is 2.84. The highest BCUT2D eigenvalue weighted by molar-refractivity contribution is 5.85. The third kappa shape index (κ3) is 5.24. The second-order valence-electron chi connectivity index (χ2n) is 6.60. The predicted molar refractivity (Wildman–Crippen MR) is 93.5 cm³/mol. The Morgan fingerprint density at radius 3 is 2.77 bits per heavy atom. The van der Waals surface area contributed by atoms with Crippen molar-refractivity contribution in [3.63, 3.8) is 0 Å². The van der Waals surface area contributed by atoms with Crippen LogP contribution in [0.4, 0.5) is 0 Å². The summed E-state index contributed by atoms with van der Waals surface area (Å²) < 4.78 is 5.61. The van der Waals surface area contributed by atoms with E-state index < -0.39 is 0 Å². The number of nitrogens with zero attached hydrogens (tertiary/aromatic N) is 1. The van der Waals surface area contributed by atoms with Gasteiger partial charge in [0.15, 0.2) is 0 Å². The number of nitrogens with one attached hydrogen (secondary N) is 1. The lowest BCUT2D eigenvalue weighted by Crippen LogP contribution is -2.40. The summed E-state index contributed by atoms with van der Waals surface area (Å²) in [5, 5.41) is 3.70. The third-order valence-electron chi connectivity index (χ3n) is 4.67. The van der Waals surface area contributed by atoms with E-state index in [1.165, 1.54) is 36.8 Å². The second-order valence-corrected chi connectivity index (χ2v) is 6.60. The molecule has 0 amide bonds. The Morgan fingerprint density at radius 1 is 1.23 bits per heavy atom. The van der Waals surface area contributed by atoms with E-state index in [1.54, 1.807) is 0 Å². The topological polar surface area (TPSA) is 24.5 Å². The molecule has 1 heterocycles. The fraction of sp³-hybridized carbons (Fsp3) is 0.667. The molecular weight excluding hydrogens is 296 g/mol. The molecule has 0 aromatic heterocycles. The minimum atomic E-state index is 0. The lowest BCUT2D eigenvalue weighted by Gasteiger charge is -2.31. The quantitative estimate of drug-likeness (QED) is 0.899. The summed E-state index contributed by atoms with van der Waals surface area (Å²) in [7, 11) is 0. The van der Waals surface area contributed by atoms with Crippen LogP contribution in [0.25, 0.3) is 0 Å².